The van der Waals surface area contributed by atoms with Crippen LogP contribution in [0.25, 0.3) is 0 Å². The Kier molecular flexibility index (Phi) is 27.6. The van der Waals surface area contributed by atoms with E-state index >= 15 is 0 Å². The minimum atomic E-state index is -1.41. The van der Waals surface area contributed by atoms with Crippen molar-refractivity contribution in [3.05, 3.63) is 0 Å². The van der Waals surface area contributed by atoms with Gasteiger partial charge in [0.2, 0.25) is 11.8 Å². The molecule has 0 radical (unpaired) electrons. The molecule has 2 amide bonds. The highest BCUT2D eigenvalue weighted by Crippen LogP contribution is 2.26. The second kappa shape index (κ2) is 29.6. The molecule has 0 spiro atoms. The van der Waals surface area contributed by atoms with Crippen molar-refractivity contribution >= 4 is 11.8 Å². The molecular formula is C38H75N3O6. The molecule has 0 aromatic heterocycles. The number of carbonyl (C=O) groups excluding carboxylic acids is 2. The van der Waals surface area contributed by atoms with Crippen molar-refractivity contribution in [3.8, 4) is 0 Å². The van der Waals surface area contributed by atoms with Crippen LogP contribution < -0.4 is 11.1 Å². The van der Waals surface area contributed by atoms with Crippen LogP contribution in [0.2, 0.25) is 0 Å². The summed E-state index contributed by atoms with van der Waals surface area (Å²) >= 11 is 0. The van der Waals surface area contributed by atoms with Gasteiger partial charge in [0.25, 0.3) is 0 Å². The van der Waals surface area contributed by atoms with Gasteiger partial charge in [-0.1, -0.05) is 162 Å². The smallest absolute Gasteiger partial charge is 0.234 e. The van der Waals surface area contributed by atoms with Crippen molar-refractivity contribution in [2.75, 3.05) is 19.7 Å². The fourth-order valence-electron chi connectivity index (χ4n) is 6.72. The molecule has 1 saturated heterocycles. The van der Waals surface area contributed by atoms with Gasteiger partial charge in [0.1, 0.15) is 24.4 Å². The lowest BCUT2D eigenvalue weighted by molar-refractivity contribution is -0.231. The molecule has 0 unspecified atom stereocenters. The van der Waals surface area contributed by atoms with Gasteiger partial charge >= 0.3 is 0 Å². The Morgan fingerprint density at radius 3 is 1.45 bits per heavy atom. The molecule has 47 heavy (non-hydrogen) atoms. The summed E-state index contributed by atoms with van der Waals surface area (Å²) in [5, 5.41) is 33.9. The van der Waals surface area contributed by atoms with Crippen LogP contribution >= 0.6 is 0 Å². The minimum Gasteiger partial charge on any atom is -0.394 e. The number of rotatable bonds is 31. The molecule has 0 aromatic carbocycles. The topological polar surface area (TPSA) is 145 Å². The average molecular weight is 670 g/mol. The molecule has 1 rings (SSSR count). The Bertz CT molecular complexity index is 757. The lowest BCUT2D eigenvalue weighted by Crippen LogP contribution is -2.69. The van der Waals surface area contributed by atoms with Gasteiger partial charge in [0.15, 0.2) is 6.23 Å². The van der Waals surface area contributed by atoms with E-state index in [0.717, 1.165) is 38.5 Å². The third-order valence-corrected chi connectivity index (χ3v) is 9.79. The maximum atomic E-state index is 13.7. The zero-order valence-electron chi connectivity index (χ0n) is 30.5. The Morgan fingerprint density at radius 1 is 0.638 bits per heavy atom. The Balaban J connectivity index is 2.56. The molecule has 6 N–H and O–H groups in total. The van der Waals surface area contributed by atoms with Gasteiger partial charge in [-0.15, -0.1) is 0 Å². The highest BCUT2D eigenvalue weighted by atomic mass is 16.5. The third-order valence-electron chi connectivity index (χ3n) is 9.79. The van der Waals surface area contributed by atoms with E-state index in [9.17, 15) is 24.9 Å². The first-order chi connectivity index (χ1) is 22.9. The van der Waals surface area contributed by atoms with E-state index < -0.39 is 43.1 Å². The van der Waals surface area contributed by atoms with Crippen LogP contribution in [0.1, 0.15) is 181 Å². The molecule has 1 aliphatic heterocycles. The number of unbranched alkanes of at least 4 members (excludes halogenated alkanes) is 23. The van der Waals surface area contributed by atoms with E-state index in [1.54, 1.807) is 4.90 Å². The molecule has 1 fully saturated rings. The molecule has 1 heterocycles. The molecular weight excluding hydrogens is 594 g/mol. The molecule has 0 bridgehead atoms. The maximum absolute atomic E-state index is 13.7. The number of carbonyl (C=O) groups is 2. The number of ether oxygens (including phenoxy) is 1. The Morgan fingerprint density at radius 2 is 1.04 bits per heavy atom. The van der Waals surface area contributed by atoms with Crippen LogP contribution in [0, 0.1) is 0 Å². The van der Waals surface area contributed by atoms with E-state index in [1.165, 1.54) is 122 Å². The van der Waals surface area contributed by atoms with Crippen molar-refractivity contribution in [2.24, 2.45) is 5.73 Å². The summed E-state index contributed by atoms with van der Waals surface area (Å²) in [6, 6.07) is -1.04. The minimum absolute atomic E-state index is 0.0899. The van der Waals surface area contributed by atoms with E-state index in [-0.39, 0.29) is 12.5 Å². The summed E-state index contributed by atoms with van der Waals surface area (Å²) in [5.41, 5.74) is 5.53. The van der Waals surface area contributed by atoms with Crippen LogP contribution in [0.5, 0.6) is 0 Å². The van der Waals surface area contributed by atoms with Crippen molar-refractivity contribution in [1.29, 1.82) is 0 Å². The first-order valence-electron chi connectivity index (χ1n) is 19.8. The molecule has 9 heteroatoms. The van der Waals surface area contributed by atoms with Crippen molar-refractivity contribution in [1.82, 2.24) is 10.2 Å². The third kappa shape index (κ3) is 20.1. The second-order valence-electron chi connectivity index (χ2n) is 14.0. The van der Waals surface area contributed by atoms with Gasteiger partial charge in [-0.05, 0) is 12.8 Å². The predicted octanol–water partition coefficient (Wildman–Crippen LogP) is 6.88. The number of nitrogens with one attached hydrogen (secondary N) is 1. The number of nitrogens with two attached hydrogens (primary N) is 1. The largest absolute Gasteiger partial charge is 0.394 e. The van der Waals surface area contributed by atoms with Gasteiger partial charge in [0.05, 0.1) is 13.2 Å². The lowest BCUT2D eigenvalue weighted by Gasteiger charge is -2.46. The molecule has 1 aliphatic rings. The van der Waals surface area contributed by atoms with E-state index in [2.05, 4.69) is 19.2 Å². The van der Waals surface area contributed by atoms with Gasteiger partial charge in [0, 0.05) is 13.0 Å². The maximum Gasteiger partial charge on any atom is 0.234 e. The van der Waals surface area contributed by atoms with Crippen LogP contribution in [-0.2, 0) is 14.3 Å². The standard InChI is InChI=1S/C38H75N3O6/c1-3-5-7-9-11-13-15-16-17-18-19-20-22-24-26-28-34(44)41(29-27-25-23-21-14-12-10-8-6-4-2)38-35(40-33(43)30-39)37(46)36(45)32(31-42)47-38/h32,35-38,42,45-46H,3-31,39H2,1-2H3,(H,40,43)/t32-,35-,36+,37-,38-/m1/s1. The average Bonchev–Trinajstić information content (AvgIpc) is 3.07. The summed E-state index contributed by atoms with van der Waals surface area (Å²) in [5.74, 6) is -0.598. The molecule has 9 nitrogen and oxygen atoms in total. The van der Waals surface area contributed by atoms with Gasteiger partial charge < -0.3 is 36.0 Å². The van der Waals surface area contributed by atoms with Crippen LogP contribution in [0.4, 0.5) is 0 Å². The summed E-state index contributed by atoms with van der Waals surface area (Å²) in [4.78, 5) is 27.5. The van der Waals surface area contributed by atoms with Crippen LogP contribution in [-0.4, -0.2) is 82.3 Å². The normalized spacial score (nSPS) is 21.2. The molecule has 0 aliphatic carbocycles. The van der Waals surface area contributed by atoms with E-state index in [1.807, 2.05) is 0 Å². The second-order valence-corrected chi connectivity index (χ2v) is 14.0. The fourth-order valence-corrected chi connectivity index (χ4v) is 6.72. The molecule has 278 valence electrons. The summed E-state index contributed by atoms with van der Waals surface area (Å²) in [6.07, 6.45) is 26.0. The fraction of sp³-hybridized carbons (Fsp3) is 0.947. The number of amides is 2. The van der Waals surface area contributed by atoms with Crippen molar-refractivity contribution in [2.45, 2.75) is 211 Å². The summed E-state index contributed by atoms with van der Waals surface area (Å²) < 4.78 is 6.02. The Labute approximate surface area is 288 Å². The van der Waals surface area contributed by atoms with Gasteiger partial charge in [-0.25, -0.2) is 0 Å². The number of aliphatic hydroxyl groups excluding tert-OH is 3. The zero-order chi connectivity index (χ0) is 34.5. The number of hydrogen-bond acceptors (Lipinski definition) is 7. The molecule has 0 saturated carbocycles. The first kappa shape index (κ1) is 43.8. The highest BCUT2D eigenvalue weighted by molar-refractivity contribution is 5.79. The monoisotopic (exact) mass is 670 g/mol. The predicted molar refractivity (Wildman–Crippen MR) is 192 cm³/mol. The van der Waals surface area contributed by atoms with Crippen LogP contribution in [0.15, 0.2) is 0 Å². The SMILES string of the molecule is CCCCCCCCCCCCCCCCCC(=O)N(CCCCCCCCCCCC)[C@@H]1O[C@H](CO)[C@H](O)[C@H](O)[C@H]1NC(=O)CN. The van der Waals surface area contributed by atoms with Gasteiger partial charge in [-0.2, -0.15) is 0 Å². The highest BCUT2D eigenvalue weighted by Gasteiger charge is 2.48. The first-order valence-corrected chi connectivity index (χ1v) is 19.8. The van der Waals surface area contributed by atoms with Crippen molar-refractivity contribution < 1.29 is 29.6 Å². The van der Waals surface area contributed by atoms with Crippen LogP contribution in [0.3, 0.4) is 0 Å². The summed E-state index contributed by atoms with van der Waals surface area (Å²) in [7, 11) is 0. The summed E-state index contributed by atoms with van der Waals surface area (Å²) in [6.45, 7) is 4.12. The zero-order valence-corrected chi connectivity index (χ0v) is 30.5. The number of nitrogens with zero attached hydrogens (tertiary/aromatic N) is 1. The van der Waals surface area contributed by atoms with E-state index in [4.69, 9.17) is 10.5 Å². The molecule has 5 atom stereocenters. The number of hydrogen-bond donors (Lipinski definition) is 5. The van der Waals surface area contributed by atoms with E-state index in [0.29, 0.717) is 13.0 Å². The number of aliphatic hydroxyl groups is 3. The lowest BCUT2D eigenvalue weighted by atomic mass is 9.94. The van der Waals surface area contributed by atoms with Gasteiger partial charge in [-0.3, -0.25) is 9.59 Å². The Hall–Kier alpha value is -1.26. The van der Waals surface area contributed by atoms with Crippen molar-refractivity contribution in [3.63, 3.8) is 0 Å². The molecule has 0 aromatic rings. The quantitative estimate of drug-likeness (QED) is 0.0506.